The predicted molar refractivity (Wildman–Crippen MR) is 90.5 cm³/mol. The van der Waals surface area contributed by atoms with E-state index in [1.54, 1.807) is 25.1 Å². The van der Waals surface area contributed by atoms with E-state index in [4.69, 9.17) is 4.74 Å². The Kier molecular flexibility index (Phi) is 5.15. The maximum Gasteiger partial charge on any atom is 0.262 e. The van der Waals surface area contributed by atoms with Crippen molar-refractivity contribution in [1.29, 1.82) is 0 Å². The number of aromatic hydroxyl groups is 1. The van der Waals surface area contributed by atoms with Gasteiger partial charge in [0.2, 0.25) is 0 Å². The van der Waals surface area contributed by atoms with Crippen LogP contribution in [0.15, 0.2) is 47.4 Å². The van der Waals surface area contributed by atoms with Crippen LogP contribution in [-0.4, -0.2) is 19.6 Å². The normalized spacial score (nSPS) is 12.7. The van der Waals surface area contributed by atoms with Crippen molar-refractivity contribution < 1.29 is 18.3 Å². The minimum Gasteiger partial charge on any atom is -0.508 e. The Balaban J connectivity index is 2.29. The topological polar surface area (TPSA) is 75.6 Å². The molecule has 0 aliphatic heterocycles. The second-order valence-electron chi connectivity index (χ2n) is 5.42. The highest BCUT2D eigenvalue weighted by Gasteiger charge is 2.17. The van der Waals surface area contributed by atoms with Gasteiger partial charge in [0.05, 0.1) is 16.7 Å². The van der Waals surface area contributed by atoms with E-state index >= 15 is 0 Å². The Morgan fingerprint density at radius 1 is 1.22 bits per heavy atom. The average molecular weight is 335 g/mol. The summed E-state index contributed by atoms with van der Waals surface area (Å²) in [5, 5.41) is 9.52. The van der Waals surface area contributed by atoms with Gasteiger partial charge in [-0.1, -0.05) is 19.1 Å². The van der Waals surface area contributed by atoms with Crippen molar-refractivity contribution in [2.45, 2.75) is 38.2 Å². The zero-order valence-electron chi connectivity index (χ0n) is 13.4. The number of sulfonamides is 1. The molecule has 0 bridgehead atoms. The predicted octanol–water partition coefficient (Wildman–Crippen LogP) is 3.68. The van der Waals surface area contributed by atoms with Gasteiger partial charge in [-0.25, -0.2) is 8.42 Å². The number of phenols is 1. The molecule has 1 atom stereocenters. The van der Waals surface area contributed by atoms with E-state index in [-0.39, 0.29) is 16.7 Å². The van der Waals surface area contributed by atoms with Crippen molar-refractivity contribution in [2.24, 2.45) is 0 Å². The molecule has 2 rings (SSSR count). The third-order valence-corrected chi connectivity index (χ3v) is 4.86. The summed E-state index contributed by atoms with van der Waals surface area (Å²) in [7, 11) is -3.76. The summed E-state index contributed by atoms with van der Waals surface area (Å²) in [4.78, 5) is 0.112. The number of rotatable bonds is 6. The molecule has 5 nitrogen and oxygen atoms in total. The van der Waals surface area contributed by atoms with Crippen molar-refractivity contribution in [3.05, 3.63) is 48.0 Å². The molecule has 0 aliphatic carbocycles. The molecule has 0 amide bonds. The third-order valence-electron chi connectivity index (χ3n) is 3.49. The number of hydrogen-bond donors (Lipinski definition) is 2. The number of ether oxygens (including phenoxy) is 1. The van der Waals surface area contributed by atoms with Crippen LogP contribution in [0.4, 0.5) is 5.69 Å². The van der Waals surface area contributed by atoms with Crippen LogP contribution in [0.1, 0.15) is 25.8 Å². The monoisotopic (exact) mass is 335 g/mol. The van der Waals surface area contributed by atoms with Gasteiger partial charge in [0, 0.05) is 12.1 Å². The molecule has 0 saturated carbocycles. The number of hydrogen-bond acceptors (Lipinski definition) is 4. The van der Waals surface area contributed by atoms with Crippen LogP contribution < -0.4 is 9.46 Å². The molecule has 0 spiro atoms. The fraction of sp³-hybridized carbons (Fsp3) is 0.294. The van der Waals surface area contributed by atoms with Gasteiger partial charge < -0.3 is 9.84 Å². The largest absolute Gasteiger partial charge is 0.508 e. The van der Waals surface area contributed by atoms with Crippen molar-refractivity contribution in [1.82, 2.24) is 0 Å². The molecule has 0 radical (unpaired) electrons. The summed E-state index contributed by atoms with van der Waals surface area (Å²) in [6, 6.07) is 10.9. The molecule has 6 heteroatoms. The van der Waals surface area contributed by atoms with Gasteiger partial charge in [0.15, 0.2) is 0 Å². The maximum atomic E-state index is 12.5. The highest BCUT2D eigenvalue weighted by Crippen LogP contribution is 2.25. The van der Waals surface area contributed by atoms with Crippen LogP contribution in [0.5, 0.6) is 11.5 Å². The molecule has 0 fully saturated rings. The van der Waals surface area contributed by atoms with E-state index in [2.05, 4.69) is 4.72 Å². The Hall–Kier alpha value is -2.21. The quantitative estimate of drug-likeness (QED) is 0.844. The van der Waals surface area contributed by atoms with Crippen LogP contribution in [0.25, 0.3) is 0 Å². The van der Waals surface area contributed by atoms with E-state index in [1.165, 1.54) is 24.3 Å². The van der Waals surface area contributed by atoms with Gasteiger partial charge in [0.1, 0.15) is 11.5 Å². The molecule has 0 aromatic heterocycles. The van der Waals surface area contributed by atoms with Crippen LogP contribution >= 0.6 is 0 Å². The summed E-state index contributed by atoms with van der Waals surface area (Å²) in [5.41, 5.74) is 1.07. The molecule has 2 N–H and O–H groups in total. The highest BCUT2D eigenvalue weighted by molar-refractivity contribution is 7.92. The Bertz CT molecular complexity index is 787. The number of anilines is 1. The minimum absolute atomic E-state index is 0.00200. The van der Waals surface area contributed by atoms with Crippen LogP contribution in [0, 0.1) is 6.92 Å². The summed E-state index contributed by atoms with van der Waals surface area (Å²) < 4.78 is 33.2. The van der Waals surface area contributed by atoms with Gasteiger partial charge >= 0.3 is 0 Å². The molecular formula is C17H21NO4S. The molecular weight excluding hydrogens is 314 g/mol. The zero-order valence-corrected chi connectivity index (χ0v) is 14.2. The standard InChI is InChI=1S/C17H21NO4S/c1-4-13(3)22-15-6-5-7-16(11-15)23(20,21)18-17-10-14(19)9-8-12(17)2/h5-11,13,18-19H,4H2,1-3H3. The van der Waals surface area contributed by atoms with Gasteiger partial charge in [-0.3, -0.25) is 4.72 Å². The third kappa shape index (κ3) is 4.39. The van der Waals surface area contributed by atoms with Gasteiger partial charge in [-0.2, -0.15) is 0 Å². The first-order valence-electron chi connectivity index (χ1n) is 7.41. The number of benzene rings is 2. The summed E-state index contributed by atoms with van der Waals surface area (Å²) in [6.45, 7) is 5.69. The lowest BCUT2D eigenvalue weighted by atomic mass is 10.2. The minimum atomic E-state index is -3.76. The van der Waals surface area contributed by atoms with Gasteiger partial charge in [0.25, 0.3) is 10.0 Å². The maximum absolute atomic E-state index is 12.5. The number of nitrogens with one attached hydrogen (secondary N) is 1. The lowest BCUT2D eigenvalue weighted by Gasteiger charge is -2.14. The molecule has 2 aromatic rings. The Labute approximate surface area is 137 Å². The summed E-state index contributed by atoms with van der Waals surface area (Å²) in [5.74, 6) is 0.511. The van der Waals surface area contributed by atoms with Crippen molar-refractivity contribution in [3.8, 4) is 11.5 Å². The molecule has 0 saturated heterocycles. The zero-order chi connectivity index (χ0) is 17.0. The second-order valence-corrected chi connectivity index (χ2v) is 7.10. The van der Waals surface area contributed by atoms with E-state index in [0.717, 1.165) is 12.0 Å². The number of aryl methyl sites for hydroxylation is 1. The first kappa shape index (κ1) is 17.1. The lowest BCUT2D eigenvalue weighted by Crippen LogP contribution is -2.14. The van der Waals surface area contributed by atoms with Crippen molar-refractivity contribution in [2.75, 3.05) is 4.72 Å². The van der Waals surface area contributed by atoms with E-state index in [9.17, 15) is 13.5 Å². The highest BCUT2D eigenvalue weighted by atomic mass is 32.2. The van der Waals surface area contributed by atoms with Crippen LogP contribution in [0.2, 0.25) is 0 Å². The van der Waals surface area contributed by atoms with Crippen molar-refractivity contribution >= 4 is 15.7 Å². The number of phenolic OH excluding ortho intramolecular Hbond substituents is 1. The molecule has 2 aromatic carbocycles. The fourth-order valence-corrected chi connectivity index (χ4v) is 3.11. The molecule has 0 heterocycles. The van der Waals surface area contributed by atoms with Crippen molar-refractivity contribution in [3.63, 3.8) is 0 Å². The van der Waals surface area contributed by atoms with E-state index < -0.39 is 10.0 Å². The molecule has 23 heavy (non-hydrogen) atoms. The smallest absolute Gasteiger partial charge is 0.262 e. The van der Waals surface area contributed by atoms with Crippen LogP contribution in [-0.2, 0) is 10.0 Å². The Morgan fingerprint density at radius 3 is 2.65 bits per heavy atom. The van der Waals surface area contributed by atoms with Gasteiger partial charge in [-0.05, 0) is 44.0 Å². The van der Waals surface area contributed by atoms with E-state index in [0.29, 0.717) is 11.4 Å². The molecule has 1 unspecified atom stereocenters. The SMILES string of the molecule is CCC(C)Oc1cccc(S(=O)(=O)Nc2cc(O)ccc2C)c1. The summed E-state index contributed by atoms with van der Waals surface area (Å²) in [6.07, 6.45) is 0.840. The lowest BCUT2D eigenvalue weighted by molar-refractivity contribution is 0.217. The van der Waals surface area contributed by atoms with Crippen LogP contribution in [0.3, 0.4) is 0 Å². The van der Waals surface area contributed by atoms with Gasteiger partial charge in [-0.15, -0.1) is 0 Å². The average Bonchev–Trinajstić information content (AvgIpc) is 2.51. The molecule has 0 aliphatic rings. The fourth-order valence-electron chi connectivity index (χ4n) is 1.95. The van der Waals surface area contributed by atoms with E-state index in [1.807, 2.05) is 13.8 Å². The molecule has 124 valence electrons. The first-order chi connectivity index (χ1) is 10.8. The summed E-state index contributed by atoms with van der Waals surface area (Å²) >= 11 is 0. The Morgan fingerprint density at radius 2 is 1.96 bits per heavy atom. The second kappa shape index (κ2) is 6.91. The first-order valence-corrected chi connectivity index (χ1v) is 8.89.